The summed E-state index contributed by atoms with van der Waals surface area (Å²) in [5.74, 6) is 2.44. The van der Waals surface area contributed by atoms with Gasteiger partial charge in [-0.2, -0.15) is 16.7 Å². The summed E-state index contributed by atoms with van der Waals surface area (Å²) in [5, 5.41) is 14.7. The minimum atomic E-state index is 0.0768. The molecule has 5 nitrogen and oxygen atoms in total. The molecule has 0 spiro atoms. The zero-order chi connectivity index (χ0) is 14.7. The van der Waals surface area contributed by atoms with Gasteiger partial charge < -0.3 is 14.4 Å². The predicted octanol–water partition coefficient (Wildman–Crippen LogP) is 3.63. The molecule has 0 aliphatic heterocycles. The molecule has 1 heterocycles. The van der Waals surface area contributed by atoms with Crippen molar-refractivity contribution >= 4 is 11.8 Å². The fourth-order valence-corrected chi connectivity index (χ4v) is 3.66. The third-order valence-corrected chi connectivity index (χ3v) is 5.02. The lowest BCUT2D eigenvalue weighted by Gasteiger charge is -2.05. The van der Waals surface area contributed by atoms with E-state index >= 15 is 0 Å². The second-order valence-corrected chi connectivity index (χ2v) is 6.40. The van der Waals surface area contributed by atoms with E-state index < -0.39 is 0 Å². The lowest BCUT2D eigenvalue weighted by atomic mass is 10.2. The zero-order valence-electron chi connectivity index (χ0n) is 11.9. The summed E-state index contributed by atoms with van der Waals surface area (Å²) in [6.07, 6.45) is 5.23. The van der Waals surface area contributed by atoms with E-state index in [1.165, 1.54) is 31.7 Å². The predicted molar refractivity (Wildman–Crippen MR) is 81.5 cm³/mol. The summed E-state index contributed by atoms with van der Waals surface area (Å²) in [6.45, 7) is 0. The van der Waals surface area contributed by atoms with Crippen LogP contribution in [0.1, 0.15) is 31.5 Å². The highest BCUT2D eigenvalue weighted by molar-refractivity contribution is 7.99. The summed E-state index contributed by atoms with van der Waals surface area (Å²) in [6, 6.07) is 5.01. The maximum Gasteiger partial charge on any atom is 0.261 e. The van der Waals surface area contributed by atoms with E-state index in [0.717, 1.165) is 11.0 Å². The number of aromatic nitrogens is 2. The standard InChI is InChI=1S/C15H18N2O3S/c1-19-10-6-7-12(13(18)8-10)15-16-14(17-20-15)9-21-11-4-2-3-5-11/h6-8,11,18H,2-5,9H2,1H3. The molecule has 1 aromatic heterocycles. The molecule has 21 heavy (non-hydrogen) atoms. The van der Waals surface area contributed by atoms with E-state index in [1.807, 2.05) is 11.8 Å². The van der Waals surface area contributed by atoms with Gasteiger partial charge in [-0.3, -0.25) is 0 Å². The van der Waals surface area contributed by atoms with Gasteiger partial charge in [0.2, 0.25) is 0 Å². The van der Waals surface area contributed by atoms with Gasteiger partial charge in [-0.25, -0.2) is 0 Å². The minimum absolute atomic E-state index is 0.0768. The molecule has 1 N–H and O–H groups in total. The molecular formula is C15H18N2O3S. The first-order chi connectivity index (χ1) is 10.3. The molecule has 0 unspecified atom stereocenters. The highest BCUT2D eigenvalue weighted by atomic mass is 32.2. The smallest absolute Gasteiger partial charge is 0.261 e. The first kappa shape index (κ1) is 14.3. The highest BCUT2D eigenvalue weighted by Gasteiger charge is 2.18. The van der Waals surface area contributed by atoms with Gasteiger partial charge in [-0.15, -0.1) is 0 Å². The van der Waals surface area contributed by atoms with Crippen LogP contribution in [0, 0.1) is 0 Å². The van der Waals surface area contributed by atoms with Gasteiger partial charge in [-0.05, 0) is 25.0 Å². The molecule has 1 aliphatic rings. The van der Waals surface area contributed by atoms with Crippen molar-refractivity contribution in [3.8, 4) is 23.0 Å². The van der Waals surface area contributed by atoms with Crippen LogP contribution < -0.4 is 4.74 Å². The Labute approximate surface area is 127 Å². The first-order valence-electron chi connectivity index (χ1n) is 7.08. The fourth-order valence-electron chi connectivity index (χ4n) is 2.49. The van der Waals surface area contributed by atoms with E-state index in [1.54, 1.807) is 19.2 Å². The van der Waals surface area contributed by atoms with Gasteiger partial charge in [0.15, 0.2) is 5.82 Å². The van der Waals surface area contributed by atoms with Gasteiger partial charge in [0, 0.05) is 11.3 Å². The van der Waals surface area contributed by atoms with Crippen LogP contribution >= 0.6 is 11.8 Å². The summed E-state index contributed by atoms with van der Waals surface area (Å²) in [5.41, 5.74) is 0.528. The lowest BCUT2D eigenvalue weighted by Crippen LogP contribution is -1.95. The molecular weight excluding hydrogens is 288 g/mol. The molecule has 0 saturated heterocycles. The van der Waals surface area contributed by atoms with Gasteiger partial charge >= 0.3 is 0 Å². The second-order valence-electron chi connectivity index (χ2n) is 5.12. The quantitative estimate of drug-likeness (QED) is 0.909. The largest absolute Gasteiger partial charge is 0.507 e. The monoisotopic (exact) mass is 306 g/mol. The lowest BCUT2D eigenvalue weighted by molar-refractivity contribution is 0.404. The number of hydrogen-bond acceptors (Lipinski definition) is 6. The van der Waals surface area contributed by atoms with Crippen molar-refractivity contribution in [3.05, 3.63) is 24.0 Å². The topological polar surface area (TPSA) is 68.4 Å². The van der Waals surface area contributed by atoms with Crippen molar-refractivity contribution in [1.29, 1.82) is 0 Å². The Hall–Kier alpha value is -1.69. The van der Waals surface area contributed by atoms with Crippen LogP contribution in [0.5, 0.6) is 11.5 Å². The fraction of sp³-hybridized carbons (Fsp3) is 0.467. The van der Waals surface area contributed by atoms with Crippen molar-refractivity contribution in [1.82, 2.24) is 10.1 Å². The zero-order valence-corrected chi connectivity index (χ0v) is 12.7. The molecule has 1 fully saturated rings. The Balaban J connectivity index is 1.69. The van der Waals surface area contributed by atoms with Gasteiger partial charge in [-0.1, -0.05) is 18.0 Å². The van der Waals surface area contributed by atoms with Gasteiger partial charge in [0.05, 0.1) is 18.4 Å². The highest BCUT2D eigenvalue weighted by Crippen LogP contribution is 2.33. The summed E-state index contributed by atoms with van der Waals surface area (Å²) >= 11 is 1.89. The van der Waals surface area contributed by atoms with Crippen LogP contribution in [0.4, 0.5) is 0 Å². The van der Waals surface area contributed by atoms with Gasteiger partial charge in [0.1, 0.15) is 11.5 Å². The number of thioether (sulfide) groups is 1. The number of benzene rings is 1. The molecule has 6 heteroatoms. The minimum Gasteiger partial charge on any atom is -0.507 e. The molecule has 3 rings (SSSR count). The van der Waals surface area contributed by atoms with E-state index in [0.29, 0.717) is 23.0 Å². The third-order valence-electron chi connectivity index (χ3n) is 3.65. The van der Waals surface area contributed by atoms with Crippen LogP contribution in [0.25, 0.3) is 11.5 Å². The molecule has 112 valence electrons. The van der Waals surface area contributed by atoms with Crippen LogP contribution in [0.3, 0.4) is 0 Å². The number of nitrogens with zero attached hydrogens (tertiary/aromatic N) is 2. The molecule has 0 amide bonds. The summed E-state index contributed by atoms with van der Waals surface area (Å²) in [7, 11) is 1.56. The Morgan fingerprint density at radius 1 is 1.38 bits per heavy atom. The van der Waals surface area contributed by atoms with Crippen molar-refractivity contribution < 1.29 is 14.4 Å². The molecule has 1 aliphatic carbocycles. The van der Waals surface area contributed by atoms with Crippen LogP contribution in [0.2, 0.25) is 0 Å². The normalized spacial score (nSPS) is 15.5. The average Bonchev–Trinajstić information content (AvgIpc) is 3.16. The van der Waals surface area contributed by atoms with E-state index in [4.69, 9.17) is 9.26 Å². The molecule has 0 atom stereocenters. The first-order valence-corrected chi connectivity index (χ1v) is 8.12. The molecule has 0 radical (unpaired) electrons. The second kappa shape index (κ2) is 6.39. The van der Waals surface area contributed by atoms with Crippen molar-refractivity contribution in [2.45, 2.75) is 36.7 Å². The average molecular weight is 306 g/mol. The maximum atomic E-state index is 9.97. The summed E-state index contributed by atoms with van der Waals surface area (Å²) < 4.78 is 10.3. The molecule has 1 saturated carbocycles. The maximum absolute atomic E-state index is 9.97. The van der Waals surface area contributed by atoms with Crippen LogP contribution in [0.15, 0.2) is 22.7 Å². The van der Waals surface area contributed by atoms with Crippen LogP contribution in [-0.4, -0.2) is 27.6 Å². The third kappa shape index (κ3) is 3.32. The number of methoxy groups -OCH3 is 1. The Morgan fingerprint density at radius 2 is 2.19 bits per heavy atom. The number of phenols is 1. The van der Waals surface area contributed by atoms with Crippen molar-refractivity contribution in [2.24, 2.45) is 0 Å². The van der Waals surface area contributed by atoms with Crippen LogP contribution in [-0.2, 0) is 5.75 Å². The number of ether oxygens (including phenoxy) is 1. The summed E-state index contributed by atoms with van der Waals surface area (Å²) in [4.78, 5) is 4.36. The number of hydrogen-bond donors (Lipinski definition) is 1. The number of rotatable bonds is 5. The van der Waals surface area contributed by atoms with Crippen molar-refractivity contribution in [2.75, 3.05) is 7.11 Å². The number of phenolic OH excluding ortho intramolecular Hbond substituents is 1. The molecule has 1 aromatic carbocycles. The van der Waals surface area contributed by atoms with E-state index in [9.17, 15) is 5.11 Å². The van der Waals surface area contributed by atoms with E-state index in [-0.39, 0.29) is 5.75 Å². The van der Waals surface area contributed by atoms with Gasteiger partial charge in [0.25, 0.3) is 5.89 Å². The SMILES string of the molecule is COc1ccc(-c2nc(CSC3CCCC3)no2)c(O)c1. The Kier molecular flexibility index (Phi) is 4.34. The van der Waals surface area contributed by atoms with Crippen molar-refractivity contribution in [3.63, 3.8) is 0 Å². The Morgan fingerprint density at radius 3 is 2.90 bits per heavy atom. The van der Waals surface area contributed by atoms with E-state index in [2.05, 4.69) is 10.1 Å². The molecule has 0 bridgehead atoms. The number of aromatic hydroxyl groups is 1. The molecule has 2 aromatic rings. The Bertz CT molecular complexity index is 609.